The van der Waals surface area contributed by atoms with Crippen LogP contribution in [0.1, 0.15) is 31.2 Å². The van der Waals surface area contributed by atoms with Gasteiger partial charge in [0.2, 0.25) is 5.91 Å². The van der Waals surface area contributed by atoms with E-state index in [0.717, 1.165) is 35.7 Å². The van der Waals surface area contributed by atoms with Crippen LogP contribution in [0.3, 0.4) is 0 Å². The number of hydrogen-bond donors (Lipinski definition) is 2. The molecule has 1 fully saturated rings. The summed E-state index contributed by atoms with van der Waals surface area (Å²) in [4.78, 5) is 12.0. The van der Waals surface area contributed by atoms with E-state index in [-0.39, 0.29) is 23.7 Å². The van der Waals surface area contributed by atoms with Crippen LogP contribution >= 0.6 is 15.9 Å². The van der Waals surface area contributed by atoms with Gasteiger partial charge in [0, 0.05) is 23.0 Å². The highest BCUT2D eigenvalue weighted by Gasteiger charge is 2.25. The molecule has 1 aliphatic carbocycles. The summed E-state index contributed by atoms with van der Waals surface area (Å²) in [6.07, 6.45) is 3.64. The first-order valence-electron chi connectivity index (χ1n) is 6.53. The first-order valence-corrected chi connectivity index (χ1v) is 7.33. The van der Waals surface area contributed by atoms with Crippen LogP contribution < -0.4 is 11.1 Å². The van der Waals surface area contributed by atoms with Crippen molar-refractivity contribution in [1.29, 1.82) is 0 Å². The summed E-state index contributed by atoms with van der Waals surface area (Å²) in [6, 6.07) is 4.59. The van der Waals surface area contributed by atoms with Crippen LogP contribution in [-0.4, -0.2) is 11.9 Å². The predicted octanol–water partition coefficient (Wildman–Crippen LogP) is 2.72. The Bertz CT molecular complexity index is 467. The molecule has 0 heterocycles. The maximum absolute atomic E-state index is 13.1. The van der Waals surface area contributed by atoms with E-state index >= 15 is 0 Å². The highest BCUT2D eigenvalue weighted by Crippen LogP contribution is 2.23. The van der Waals surface area contributed by atoms with E-state index in [9.17, 15) is 9.18 Å². The quantitative estimate of drug-likeness (QED) is 0.896. The van der Waals surface area contributed by atoms with Gasteiger partial charge in [0.25, 0.3) is 0 Å². The molecule has 104 valence electrons. The second kappa shape index (κ2) is 6.48. The third-order valence-corrected chi connectivity index (χ3v) is 4.32. The lowest BCUT2D eigenvalue weighted by atomic mass is 9.85. The van der Waals surface area contributed by atoms with Crippen LogP contribution in [0.2, 0.25) is 0 Å². The molecule has 0 radical (unpaired) electrons. The molecule has 1 aliphatic rings. The normalized spacial score (nSPS) is 23.1. The molecule has 0 spiro atoms. The summed E-state index contributed by atoms with van der Waals surface area (Å²) < 4.78 is 13.9. The average molecular weight is 329 g/mol. The third-order valence-electron chi connectivity index (χ3n) is 3.55. The van der Waals surface area contributed by atoms with Crippen LogP contribution in [0.15, 0.2) is 22.7 Å². The Kier molecular flexibility index (Phi) is 4.93. The SMILES string of the molecule is NC1CCCC(C(=O)NCc2cc(F)ccc2Br)C1. The molecule has 1 saturated carbocycles. The van der Waals surface area contributed by atoms with Crippen molar-refractivity contribution in [2.45, 2.75) is 38.3 Å². The molecule has 19 heavy (non-hydrogen) atoms. The third kappa shape index (κ3) is 4.01. The molecule has 2 unspecified atom stereocenters. The number of halogens is 2. The van der Waals surface area contributed by atoms with Gasteiger partial charge in [-0.05, 0) is 43.0 Å². The molecule has 1 aromatic rings. The average Bonchev–Trinajstić information content (AvgIpc) is 2.39. The Morgan fingerprint density at radius 3 is 3.00 bits per heavy atom. The topological polar surface area (TPSA) is 55.1 Å². The highest BCUT2D eigenvalue weighted by atomic mass is 79.9. The number of rotatable bonds is 3. The van der Waals surface area contributed by atoms with E-state index in [1.807, 2.05) is 0 Å². The maximum Gasteiger partial charge on any atom is 0.223 e. The molecule has 0 aliphatic heterocycles. The Labute approximate surface area is 120 Å². The molecule has 3 nitrogen and oxygen atoms in total. The van der Waals surface area contributed by atoms with Crippen LogP contribution in [0, 0.1) is 11.7 Å². The minimum absolute atomic E-state index is 0.00363. The highest BCUT2D eigenvalue weighted by molar-refractivity contribution is 9.10. The van der Waals surface area contributed by atoms with Gasteiger partial charge in [-0.3, -0.25) is 4.79 Å². The standard InChI is InChI=1S/C14H18BrFN2O/c15-13-5-4-11(16)6-10(13)8-18-14(19)9-2-1-3-12(17)7-9/h4-6,9,12H,1-3,7-8,17H2,(H,18,19). The fraction of sp³-hybridized carbons (Fsp3) is 0.500. The summed E-state index contributed by atoms with van der Waals surface area (Å²) >= 11 is 3.35. The van der Waals surface area contributed by atoms with Crippen molar-refractivity contribution in [3.8, 4) is 0 Å². The molecule has 5 heteroatoms. The van der Waals surface area contributed by atoms with E-state index in [1.54, 1.807) is 6.07 Å². The molecular weight excluding hydrogens is 311 g/mol. The van der Waals surface area contributed by atoms with Crippen molar-refractivity contribution >= 4 is 21.8 Å². The van der Waals surface area contributed by atoms with E-state index < -0.39 is 0 Å². The van der Waals surface area contributed by atoms with Gasteiger partial charge in [-0.2, -0.15) is 0 Å². The lowest BCUT2D eigenvalue weighted by Gasteiger charge is -2.25. The monoisotopic (exact) mass is 328 g/mol. The Balaban J connectivity index is 1.91. The van der Waals surface area contributed by atoms with Gasteiger partial charge < -0.3 is 11.1 Å². The summed E-state index contributed by atoms with van der Waals surface area (Å²) in [7, 11) is 0. The summed E-state index contributed by atoms with van der Waals surface area (Å²) in [5.74, 6) is -0.283. The Morgan fingerprint density at radius 2 is 2.26 bits per heavy atom. The first-order chi connectivity index (χ1) is 9.06. The fourth-order valence-corrected chi connectivity index (χ4v) is 2.86. The summed E-state index contributed by atoms with van der Waals surface area (Å²) in [6.45, 7) is 0.336. The van der Waals surface area contributed by atoms with Gasteiger partial charge in [-0.15, -0.1) is 0 Å². The minimum Gasteiger partial charge on any atom is -0.352 e. The van der Waals surface area contributed by atoms with E-state index in [0.29, 0.717) is 6.54 Å². The number of carbonyl (C=O) groups is 1. The molecule has 2 rings (SSSR count). The lowest BCUT2D eigenvalue weighted by Crippen LogP contribution is -2.37. The molecule has 0 saturated heterocycles. The van der Waals surface area contributed by atoms with Crippen molar-refractivity contribution < 1.29 is 9.18 Å². The number of carbonyl (C=O) groups excluding carboxylic acids is 1. The Morgan fingerprint density at radius 1 is 1.47 bits per heavy atom. The molecule has 3 N–H and O–H groups in total. The first kappa shape index (κ1) is 14.5. The van der Waals surface area contributed by atoms with Crippen molar-refractivity contribution in [2.75, 3.05) is 0 Å². The fourth-order valence-electron chi connectivity index (χ4n) is 2.47. The van der Waals surface area contributed by atoms with Crippen LogP contribution in [0.4, 0.5) is 4.39 Å². The zero-order valence-electron chi connectivity index (χ0n) is 10.7. The second-order valence-electron chi connectivity index (χ2n) is 5.08. The number of nitrogens with one attached hydrogen (secondary N) is 1. The lowest BCUT2D eigenvalue weighted by molar-refractivity contribution is -0.126. The van der Waals surface area contributed by atoms with Crippen molar-refractivity contribution in [1.82, 2.24) is 5.32 Å². The molecule has 2 atom stereocenters. The smallest absolute Gasteiger partial charge is 0.223 e. The van der Waals surface area contributed by atoms with Gasteiger partial charge in [-0.25, -0.2) is 4.39 Å². The number of nitrogens with two attached hydrogens (primary N) is 1. The largest absolute Gasteiger partial charge is 0.352 e. The van der Waals surface area contributed by atoms with Crippen molar-refractivity contribution in [3.63, 3.8) is 0 Å². The number of hydrogen-bond acceptors (Lipinski definition) is 2. The summed E-state index contributed by atoms with van der Waals surface area (Å²) in [5.41, 5.74) is 6.62. The van der Waals surface area contributed by atoms with E-state index in [4.69, 9.17) is 5.73 Å². The van der Waals surface area contributed by atoms with Crippen LogP contribution in [0.5, 0.6) is 0 Å². The summed E-state index contributed by atoms with van der Waals surface area (Å²) in [5, 5.41) is 2.87. The van der Waals surface area contributed by atoms with Crippen LogP contribution in [-0.2, 0) is 11.3 Å². The zero-order valence-corrected chi connectivity index (χ0v) is 12.2. The van der Waals surface area contributed by atoms with Crippen LogP contribution in [0.25, 0.3) is 0 Å². The Hall–Kier alpha value is -0.940. The molecular formula is C14H18BrFN2O. The van der Waals surface area contributed by atoms with Gasteiger partial charge in [0.05, 0.1) is 0 Å². The molecule has 1 aromatic carbocycles. The molecule has 0 bridgehead atoms. The van der Waals surface area contributed by atoms with Gasteiger partial charge in [0.1, 0.15) is 5.82 Å². The van der Waals surface area contributed by atoms with E-state index in [2.05, 4.69) is 21.2 Å². The van der Waals surface area contributed by atoms with Crippen molar-refractivity contribution in [2.24, 2.45) is 11.7 Å². The molecule has 1 amide bonds. The predicted molar refractivity (Wildman–Crippen MR) is 75.9 cm³/mol. The van der Waals surface area contributed by atoms with Gasteiger partial charge in [0.15, 0.2) is 0 Å². The molecule has 0 aromatic heterocycles. The zero-order chi connectivity index (χ0) is 13.8. The second-order valence-corrected chi connectivity index (χ2v) is 5.93. The van der Waals surface area contributed by atoms with E-state index in [1.165, 1.54) is 12.1 Å². The van der Waals surface area contributed by atoms with Gasteiger partial charge in [-0.1, -0.05) is 22.4 Å². The van der Waals surface area contributed by atoms with Gasteiger partial charge >= 0.3 is 0 Å². The van der Waals surface area contributed by atoms with Crippen molar-refractivity contribution in [3.05, 3.63) is 34.1 Å². The number of benzene rings is 1. The number of amides is 1. The minimum atomic E-state index is -0.299. The maximum atomic E-state index is 13.1.